The molecular formula is C13H19FN2OS. The van der Waals surface area contributed by atoms with Crippen LogP contribution in [0.15, 0.2) is 18.2 Å². The molecular weight excluding hydrogens is 251 g/mol. The lowest BCUT2D eigenvalue weighted by molar-refractivity contribution is 0.222. The van der Waals surface area contributed by atoms with Gasteiger partial charge >= 0.3 is 0 Å². The first-order valence-electron chi connectivity index (χ1n) is 6.03. The smallest absolute Gasteiger partial charge is 0.137 e. The van der Waals surface area contributed by atoms with E-state index in [1.54, 1.807) is 12.1 Å². The summed E-state index contributed by atoms with van der Waals surface area (Å²) in [5.74, 6) is 0.0579. The lowest BCUT2D eigenvalue weighted by atomic mass is 10.2. The quantitative estimate of drug-likeness (QED) is 0.771. The molecule has 0 atom stereocenters. The third kappa shape index (κ3) is 4.23. The van der Waals surface area contributed by atoms with E-state index in [4.69, 9.17) is 22.7 Å². The Labute approximate surface area is 113 Å². The van der Waals surface area contributed by atoms with Crippen molar-refractivity contribution < 1.29 is 9.13 Å². The van der Waals surface area contributed by atoms with E-state index in [9.17, 15) is 4.39 Å². The highest BCUT2D eigenvalue weighted by atomic mass is 32.1. The van der Waals surface area contributed by atoms with Gasteiger partial charge in [0, 0.05) is 18.2 Å². The van der Waals surface area contributed by atoms with Crippen LogP contribution < -0.4 is 10.5 Å². The van der Waals surface area contributed by atoms with Crippen molar-refractivity contribution in [3.63, 3.8) is 0 Å². The highest BCUT2D eigenvalue weighted by Gasteiger charge is 2.07. The zero-order valence-electron chi connectivity index (χ0n) is 10.8. The van der Waals surface area contributed by atoms with Gasteiger partial charge in [0.25, 0.3) is 0 Å². The summed E-state index contributed by atoms with van der Waals surface area (Å²) in [6.45, 7) is 7.52. The molecule has 18 heavy (non-hydrogen) atoms. The highest BCUT2D eigenvalue weighted by molar-refractivity contribution is 7.80. The summed E-state index contributed by atoms with van der Waals surface area (Å²) in [5, 5.41) is 0. The van der Waals surface area contributed by atoms with Gasteiger partial charge in [0.2, 0.25) is 0 Å². The maximum absolute atomic E-state index is 13.6. The molecule has 1 aromatic carbocycles. The molecule has 1 aromatic rings. The SMILES string of the molecule is CCN(CC)CCOc1ccc(C(N)=S)c(F)c1. The molecule has 100 valence electrons. The van der Waals surface area contributed by atoms with Crippen LogP contribution in [0.5, 0.6) is 5.75 Å². The minimum atomic E-state index is -0.442. The average Bonchev–Trinajstić information content (AvgIpc) is 2.34. The van der Waals surface area contributed by atoms with E-state index in [0.717, 1.165) is 19.6 Å². The van der Waals surface area contributed by atoms with Crippen LogP contribution in [0.3, 0.4) is 0 Å². The van der Waals surface area contributed by atoms with Crippen molar-refractivity contribution in [3.05, 3.63) is 29.6 Å². The molecule has 0 aromatic heterocycles. The first-order chi connectivity index (χ1) is 8.58. The highest BCUT2D eigenvalue weighted by Crippen LogP contribution is 2.16. The number of nitrogens with two attached hydrogens (primary N) is 1. The monoisotopic (exact) mass is 270 g/mol. The summed E-state index contributed by atoms with van der Waals surface area (Å²) in [4.78, 5) is 2.29. The van der Waals surface area contributed by atoms with Crippen LogP contribution >= 0.6 is 12.2 Å². The van der Waals surface area contributed by atoms with Gasteiger partial charge in [-0.25, -0.2) is 4.39 Å². The van der Waals surface area contributed by atoms with Gasteiger partial charge < -0.3 is 15.4 Å². The Morgan fingerprint density at radius 1 is 1.39 bits per heavy atom. The molecule has 0 radical (unpaired) electrons. The van der Waals surface area contributed by atoms with Crippen molar-refractivity contribution >= 4 is 17.2 Å². The topological polar surface area (TPSA) is 38.5 Å². The lowest BCUT2D eigenvalue weighted by Crippen LogP contribution is -2.27. The fourth-order valence-corrected chi connectivity index (χ4v) is 1.78. The molecule has 3 nitrogen and oxygen atoms in total. The number of hydrogen-bond acceptors (Lipinski definition) is 3. The fourth-order valence-electron chi connectivity index (χ4n) is 1.62. The number of hydrogen-bond donors (Lipinski definition) is 1. The van der Waals surface area contributed by atoms with E-state index in [1.165, 1.54) is 6.07 Å². The largest absolute Gasteiger partial charge is 0.492 e. The first-order valence-corrected chi connectivity index (χ1v) is 6.43. The molecule has 0 amide bonds. The Hall–Kier alpha value is -1.20. The van der Waals surface area contributed by atoms with Gasteiger partial charge in [-0.05, 0) is 25.2 Å². The summed E-state index contributed by atoms with van der Waals surface area (Å²) >= 11 is 4.74. The van der Waals surface area contributed by atoms with E-state index in [2.05, 4.69) is 18.7 Å². The zero-order valence-corrected chi connectivity index (χ0v) is 11.6. The second-order valence-electron chi connectivity index (χ2n) is 3.88. The van der Waals surface area contributed by atoms with Crippen LogP contribution in [-0.2, 0) is 0 Å². The second kappa shape index (κ2) is 7.28. The summed E-state index contributed by atoms with van der Waals surface area (Å²) in [6.07, 6.45) is 0. The van der Waals surface area contributed by atoms with E-state index in [0.29, 0.717) is 12.4 Å². The Bertz CT molecular complexity index is 408. The molecule has 0 aliphatic heterocycles. The summed E-state index contributed by atoms with van der Waals surface area (Å²) in [6, 6.07) is 4.54. The van der Waals surface area contributed by atoms with Gasteiger partial charge in [0.05, 0.1) is 0 Å². The van der Waals surface area contributed by atoms with Crippen molar-refractivity contribution in [3.8, 4) is 5.75 Å². The van der Waals surface area contributed by atoms with Gasteiger partial charge in [0.15, 0.2) is 0 Å². The third-order valence-electron chi connectivity index (χ3n) is 2.78. The standard InChI is InChI=1S/C13H19FN2OS/c1-3-16(4-2)7-8-17-10-5-6-11(13(15)18)12(14)9-10/h5-6,9H,3-4,7-8H2,1-2H3,(H2,15,18). The maximum Gasteiger partial charge on any atom is 0.137 e. The van der Waals surface area contributed by atoms with Crippen LogP contribution in [0, 0.1) is 5.82 Å². The molecule has 2 N–H and O–H groups in total. The normalized spacial score (nSPS) is 10.7. The van der Waals surface area contributed by atoms with Crippen LogP contribution in [0.2, 0.25) is 0 Å². The first kappa shape index (κ1) is 14.9. The molecule has 0 spiro atoms. The molecule has 0 saturated heterocycles. The predicted molar refractivity (Wildman–Crippen MR) is 75.6 cm³/mol. The van der Waals surface area contributed by atoms with E-state index in [-0.39, 0.29) is 10.6 Å². The van der Waals surface area contributed by atoms with Crippen LogP contribution in [0.4, 0.5) is 4.39 Å². The Morgan fingerprint density at radius 3 is 2.56 bits per heavy atom. The molecule has 0 aliphatic rings. The van der Waals surface area contributed by atoms with Crippen molar-refractivity contribution in [2.75, 3.05) is 26.2 Å². The number of thiocarbonyl (C=S) groups is 1. The number of nitrogens with zero attached hydrogens (tertiary/aromatic N) is 1. The van der Waals surface area contributed by atoms with Gasteiger partial charge in [-0.2, -0.15) is 0 Å². The van der Waals surface area contributed by atoms with Gasteiger partial charge in [-0.1, -0.05) is 26.1 Å². The van der Waals surface area contributed by atoms with Crippen molar-refractivity contribution in [2.45, 2.75) is 13.8 Å². The number of halogens is 1. The number of likely N-dealkylation sites (N-methyl/N-ethyl adjacent to an activating group) is 1. The number of benzene rings is 1. The minimum Gasteiger partial charge on any atom is -0.492 e. The predicted octanol–water partition coefficient (Wildman–Crippen LogP) is 2.18. The number of rotatable bonds is 7. The molecule has 0 fully saturated rings. The molecule has 0 heterocycles. The van der Waals surface area contributed by atoms with Crippen LogP contribution in [-0.4, -0.2) is 36.1 Å². The zero-order chi connectivity index (χ0) is 13.5. The average molecular weight is 270 g/mol. The summed E-state index contributed by atoms with van der Waals surface area (Å²) in [7, 11) is 0. The molecule has 0 aliphatic carbocycles. The lowest BCUT2D eigenvalue weighted by Gasteiger charge is -2.18. The van der Waals surface area contributed by atoms with Crippen LogP contribution in [0.1, 0.15) is 19.4 Å². The summed E-state index contributed by atoms with van der Waals surface area (Å²) in [5.41, 5.74) is 5.64. The number of ether oxygens (including phenoxy) is 1. The van der Waals surface area contributed by atoms with E-state index >= 15 is 0 Å². The second-order valence-corrected chi connectivity index (χ2v) is 4.32. The van der Waals surface area contributed by atoms with Crippen molar-refractivity contribution in [1.82, 2.24) is 4.90 Å². The third-order valence-corrected chi connectivity index (χ3v) is 3.00. The minimum absolute atomic E-state index is 0.0576. The van der Waals surface area contributed by atoms with Gasteiger partial charge in [-0.15, -0.1) is 0 Å². The molecule has 0 unspecified atom stereocenters. The molecule has 5 heteroatoms. The van der Waals surface area contributed by atoms with Crippen molar-refractivity contribution in [1.29, 1.82) is 0 Å². The van der Waals surface area contributed by atoms with Crippen LogP contribution in [0.25, 0.3) is 0 Å². The molecule has 1 rings (SSSR count). The summed E-state index contributed by atoms with van der Waals surface area (Å²) < 4.78 is 19.1. The Balaban J connectivity index is 2.53. The maximum atomic E-state index is 13.6. The van der Waals surface area contributed by atoms with E-state index < -0.39 is 5.82 Å². The van der Waals surface area contributed by atoms with E-state index in [1.807, 2.05) is 0 Å². The van der Waals surface area contributed by atoms with Gasteiger partial charge in [-0.3, -0.25) is 0 Å². The Kier molecular flexibility index (Phi) is 6.01. The molecule has 0 saturated carbocycles. The van der Waals surface area contributed by atoms with Gasteiger partial charge in [0.1, 0.15) is 23.2 Å². The fraction of sp³-hybridized carbons (Fsp3) is 0.462. The molecule has 0 bridgehead atoms. The Morgan fingerprint density at radius 2 is 2.06 bits per heavy atom. The van der Waals surface area contributed by atoms with Crippen molar-refractivity contribution in [2.24, 2.45) is 5.73 Å².